The van der Waals surface area contributed by atoms with Gasteiger partial charge in [0.1, 0.15) is 0 Å². The first kappa shape index (κ1) is 14.0. The van der Waals surface area contributed by atoms with Crippen LogP contribution >= 0.6 is 0 Å². The van der Waals surface area contributed by atoms with E-state index in [1.54, 1.807) is 25.2 Å². The van der Waals surface area contributed by atoms with Crippen molar-refractivity contribution in [3.8, 4) is 0 Å². The molecule has 0 aliphatic heterocycles. The summed E-state index contributed by atoms with van der Waals surface area (Å²) >= 11 is 0. The van der Waals surface area contributed by atoms with Gasteiger partial charge in [-0.1, -0.05) is 19.9 Å². The minimum Gasteiger partial charge on any atom is -0.399 e. The highest BCUT2D eigenvalue weighted by atomic mass is 32.2. The number of rotatable bonds is 5. The van der Waals surface area contributed by atoms with E-state index in [0.29, 0.717) is 5.69 Å². The topological polar surface area (TPSA) is 63.4 Å². The van der Waals surface area contributed by atoms with Crippen molar-refractivity contribution in [3.63, 3.8) is 0 Å². The highest BCUT2D eigenvalue weighted by molar-refractivity contribution is 7.89. The predicted octanol–water partition coefficient (Wildman–Crippen LogP) is 2.08. The van der Waals surface area contributed by atoms with Crippen LogP contribution < -0.4 is 5.73 Å². The van der Waals surface area contributed by atoms with Crippen LogP contribution in [0.5, 0.6) is 0 Å². The van der Waals surface area contributed by atoms with Gasteiger partial charge < -0.3 is 5.73 Å². The van der Waals surface area contributed by atoms with Crippen molar-refractivity contribution >= 4 is 15.7 Å². The van der Waals surface area contributed by atoms with E-state index in [0.717, 1.165) is 12.8 Å². The molecule has 96 valence electrons. The normalized spacial score (nSPS) is 12.3. The second-order valence-electron chi connectivity index (χ2n) is 4.06. The summed E-state index contributed by atoms with van der Waals surface area (Å²) in [5.41, 5.74) is 6.08. The Balaban J connectivity index is 3.11. The summed E-state index contributed by atoms with van der Waals surface area (Å²) in [5, 5.41) is 0. The monoisotopic (exact) mass is 256 g/mol. The Labute approximate surface area is 103 Å². The molecule has 0 saturated carbocycles. The third-order valence-corrected chi connectivity index (χ3v) is 4.90. The largest absolute Gasteiger partial charge is 0.399 e. The summed E-state index contributed by atoms with van der Waals surface area (Å²) in [7, 11) is -1.81. The van der Waals surface area contributed by atoms with Gasteiger partial charge in [-0.15, -0.1) is 0 Å². The highest BCUT2D eigenvalue weighted by Crippen LogP contribution is 2.20. The second-order valence-corrected chi connectivity index (χ2v) is 6.06. The lowest BCUT2D eigenvalue weighted by atomic mass is 10.2. The quantitative estimate of drug-likeness (QED) is 0.820. The molecule has 0 radical (unpaired) electrons. The van der Waals surface area contributed by atoms with E-state index in [1.807, 2.05) is 13.8 Å². The predicted molar refractivity (Wildman–Crippen MR) is 70.2 cm³/mol. The molecule has 1 aromatic rings. The lowest BCUT2D eigenvalue weighted by Gasteiger charge is -2.25. The van der Waals surface area contributed by atoms with Crippen LogP contribution in [0.2, 0.25) is 0 Å². The Morgan fingerprint density at radius 1 is 1.29 bits per heavy atom. The molecule has 0 spiro atoms. The van der Waals surface area contributed by atoms with Gasteiger partial charge in [0.25, 0.3) is 0 Å². The number of nitrogens with two attached hydrogens (primary N) is 1. The molecule has 0 atom stereocenters. The minimum atomic E-state index is -3.43. The van der Waals surface area contributed by atoms with E-state index in [4.69, 9.17) is 5.73 Å². The summed E-state index contributed by atoms with van der Waals surface area (Å²) in [4.78, 5) is 0.256. The number of anilines is 1. The van der Waals surface area contributed by atoms with E-state index in [9.17, 15) is 8.42 Å². The molecule has 0 saturated heterocycles. The first-order valence-corrected chi connectivity index (χ1v) is 7.21. The van der Waals surface area contributed by atoms with Crippen LogP contribution in [-0.2, 0) is 10.0 Å². The minimum absolute atomic E-state index is 0.0291. The number of benzene rings is 1. The zero-order valence-electron chi connectivity index (χ0n) is 10.6. The summed E-state index contributed by atoms with van der Waals surface area (Å²) in [6.07, 6.45) is 1.60. The molecule has 0 heterocycles. The Morgan fingerprint density at radius 2 is 1.88 bits per heavy atom. The van der Waals surface area contributed by atoms with Crippen molar-refractivity contribution in [3.05, 3.63) is 24.3 Å². The Morgan fingerprint density at radius 3 is 2.35 bits per heavy atom. The molecular formula is C12H20N2O2S. The second kappa shape index (κ2) is 5.51. The smallest absolute Gasteiger partial charge is 0.243 e. The fraction of sp³-hybridized carbons (Fsp3) is 0.500. The van der Waals surface area contributed by atoms with Crippen LogP contribution in [0.15, 0.2) is 29.2 Å². The molecule has 0 aliphatic rings. The number of hydrogen-bond donors (Lipinski definition) is 1. The fourth-order valence-electron chi connectivity index (χ4n) is 1.84. The average molecular weight is 256 g/mol. The molecule has 0 fully saturated rings. The van der Waals surface area contributed by atoms with Crippen molar-refractivity contribution in [2.24, 2.45) is 0 Å². The van der Waals surface area contributed by atoms with Gasteiger partial charge in [-0.3, -0.25) is 0 Å². The van der Waals surface area contributed by atoms with Crippen LogP contribution in [-0.4, -0.2) is 25.8 Å². The maximum atomic E-state index is 12.3. The molecule has 0 bridgehead atoms. The first-order chi connectivity index (χ1) is 7.93. The van der Waals surface area contributed by atoms with E-state index in [2.05, 4.69) is 0 Å². The van der Waals surface area contributed by atoms with Gasteiger partial charge in [-0.2, -0.15) is 4.31 Å². The molecule has 0 amide bonds. The number of sulfonamides is 1. The molecule has 0 aliphatic carbocycles. The maximum Gasteiger partial charge on any atom is 0.243 e. The molecule has 1 aromatic carbocycles. The van der Waals surface area contributed by atoms with Gasteiger partial charge in [0, 0.05) is 18.8 Å². The van der Waals surface area contributed by atoms with Gasteiger partial charge in [0.15, 0.2) is 0 Å². The van der Waals surface area contributed by atoms with Crippen molar-refractivity contribution in [1.82, 2.24) is 4.31 Å². The highest BCUT2D eigenvalue weighted by Gasteiger charge is 2.25. The summed E-state index contributed by atoms with van der Waals surface area (Å²) in [6.45, 7) is 3.97. The molecular weight excluding hydrogens is 236 g/mol. The standard InChI is InChI=1S/C12H20N2O2S/c1-4-11(5-2)14(3)17(15,16)12-8-6-7-10(13)9-12/h6-9,11H,4-5,13H2,1-3H3. The number of nitrogens with zero attached hydrogens (tertiary/aromatic N) is 1. The van der Waals surface area contributed by atoms with E-state index < -0.39 is 10.0 Å². The number of nitrogen functional groups attached to an aromatic ring is 1. The fourth-order valence-corrected chi connectivity index (χ4v) is 3.40. The third-order valence-electron chi connectivity index (χ3n) is 2.99. The Hall–Kier alpha value is -1.07. The molecule has 0 aromatic heterocycles. The van der Waals surface area contributed by atoms with E-state index in [-0.39, 0.29) is 10.9 Å². The van der Waals surface area contributed by atoms with Gasteiger partial charge >= 0.3 is 0 Å². The Kier molecular flexibility index (Phi) is 4.54. The van der Waals surface area contributed by atoms with Gasteiger partial charge in [0.2, 0.25) is 10.0 Å². The van der Waals surface area contributed by atoms with Crippen molar-refractivity contribution in [2.45, 2.75) is 37.6 Å². The summed E-state index contributed by atoms with van der Waals surface area (Å²) in [6, 6.07) is 6.43. The van der Waals surface area contributed by atoms with Crippen LogP contribution in [0, 0.1) is 0 Å². The summed E-state index contributed by atoms with van der Waals surface area (Å²) < 4.78 is 26.1. The van der Waals surface area contributed by atoms with Crippen LogP contribution in [0.3, 0.4) is 0 Å². The zero-order valence-corrected chi connectivity index (χ0v) is 11.4. The molecule has 5 heteroatoms. The molecule has 0 unspecified atom stereocenters. The number of hydrogen-bond acceptors (Lipinski definition) is 3. The van der Waals surface area contributed by atoms with Crippen molar-refractivity contribution < 1.29 is 8.42 Å². The first-order valence-electron chi connectivity index (χ1n) is 5.77. The maximum absolute atomic E-state index is 12.3. The van der Waals surface area contributed by atoms with Gasteiger partial charge in [0.05, 0.1) is 4.90 Å². The Bertz CT molecular complexity index is 467. The van der Waals surface area contributed by atoms with Crippen molar-refractivity contribution in [1.29, 1.82) is 0 Å². The average Bonchev–Trinajstić information content (AvgIpc) is 2.30. The SMILES string of the molecule is CCC(CC)N(C)S(=O)(=O)c1cccc(N)c1. The van der Waals surface area contributed by atoms with Gasteiger partial charge in [-0.25, -0.2) is 8.42 Å². The lowest BCUT2D eigenvalue weighted by molar-refractivity contribution is 0.349. The molecule has 17 heavy (non-hydrogen) atoms. The molecule has 4 nitrogen and oxygen atoms in total. The van der Waals surface area contributed by atoms with Crippen LogP contribution in [0.1, 0.15) is 26.7 Å². The van der Waals surface area contributed by atoms with E-state index in [1.165, 1.54) is 10.4 Å². The van der Waals surface area contributed by atoms with Crippen LogP contribution in [0.25, 0.3) is 0 Å². The van der Waals surface area contributed by atoms with Gasteiger partial charge in [-0.05, 0) is 31.0 Å². The zero-order chi connectivity index (χ0) is 13.1. The third kappa shape index (κ3) is 2.98. The molecule has 1 rings (SSSR count). The van der Waals surface area contributed by atoms with E-state index >= 15 is 0 Å². The summed E-state index contributed by atoms with van der Waals surface area (Å²) in [5.74, 6) is 0. The molecule has 2 N–H and O–H groups in total. The lowest BCUT2D eigenvalue weighted by Crippen LogP contribution is -2.36. The van der Waals surface area contributed by atoms with Crippen molar-refractivity contribution in [2.75, 3.05) is 12.8 Å². The van der Waals surface area contributed by atoms with Crippen LogP contribution in [0.4, 0.5) is 5.69 Å².